The van der Waals surface area contributed by atoms with Crippen LogP contribution in [0.4, 0.5) is 21.7 Å². The van der Waals surface area contributed by atoms with Crippen molar-refractivity contribution in [1.29, 1.82) is 0 Å². The molecular formula is C7H3BF5KO. The van der Waals surface area contributed by atoms with Crippen LogP contribution in [-0.4, -0.2) is 13.3 Å². The molecule has 1 aromatic rings. The third kappa shape index (κ3) is 3.35. The number of carbonyl (C=O) groups is 1. The third-order valence-corrected chi connectivity index (χ3v) is 1.61. The second kappa shape index (κ2) is 5.53. The Bertz CT molecular complexity index is 378. The van der Waals surface area contributed by atoms with Gasteiger partial charge < -0.3 is 12.9 Å². The zero-order valence-corrected chi connectivity index (χ0v) is 10.7. The van der Waals surface area contributed by atoms with Crippen molar-refractivity contribution in [3.8, 4) is 0 Å². The van der Waals surface area contributed by atoms with E-state index in [1.807, 2.05) is 0 Å². The molecule has 1 nitrogen and oxygen atoms in total. The minimum absolute atomic E-state index is 0. The fourth-order valence-electron chi connectivity index (χ4n) is 0.977. The van der Waals surface area contributed by atoms with Gasteiger partial charge in [-0.25, -0.2) is 8.78 Å². The van der Waals surface area contributed by atoms with Gasteiger partial charge in [-0.2, -0.15) is 0 Å². The van der Waals surface area contributed by atoms with Crippen molar-refractivity contribution < 1.29 is 77.9 Å². The Morgan fingerprint density at radius 2 is 1.67 bits per heavy atom. The predicted molar refractivity (Wildman–Crippen MR) is 40.5 cm³/mol. The summed E-state index contributed by atoms with van der Waals surface area (Å²) in [6.45, 7) is -5.79. The standard InChI is InChI=1S/C7H3BF5O.K/c9-5-2-1-4(3-14)7(10)6(5)8(11,12)13;/h1-3H;/q-1;+1. The Labute approximate surface area is 125 Å². The minimum atomic E-state index is -5.79. The molecule has 0 heterocycles. The Hall–Kier alpha value is 0.241. The largest absolute Gasteiger partial charge is 1.00 e. The number of halogens is 5. The van der Waals surface area contributed by atoms with Crippen molar-refractivity contribution in [2.45, 2.75) is 0 Å². The van der Waals surface area contributed by atoms with E-state index in [1.165, 1.54) is 0 Å². The first-order valence-electron chi connectivity index (χ1n) is 3.51. The van der Waals surface area contributed by atoms with Crippen molar-refractivity contribution >= 4 is 18.7 Å². The molecule has 0 aromatic heterocycles. The van der Waals surface area contributed by atoms with E-state index in [1.54, 1.807) is 0 Å². The molecule has 0 N–H and O–H groups in total. The normalized spacial score (nSPS) is 10.7. The van der Waals surface area contributed by atoms with Gasteiger partial charge in [0.1, 0.15) is 5.82 Å². The SMILES string of the molecule is O=Cc1ccc(F)c([B-](F)(F)F)c1F.[K+]. The third-order valence-electron chi connectivity index (χ3n) is 1.61. The van der Waals surface area contributed by atoms with Crippen LogP contribution in [0.2, 0.25) is 0 Å². The molecule has 8 heteroatoms. The molecule has 1 rings (SSSR count). The van der Waals surface area contributed by atoms with Crippen LogP contribution in [-0.2, 0) is 0 Å². The Kier molecular flexibility index (Phi) is 5.62. The molecule has 0 radical (unpaired) electrons. The van der Waals surface area contributed by atoms with Gasteiger partial charge in [-0.05, 0) is 17.6 Å². The Morgan fingerprint density at radius 1 is 1.13 bits per heavy atom. The quantitative estimate of drug-likeness (QED) is 0.366. The molecular weight excluding hydrogens is 245 g/mol. The summed E-state index contributed by atoms with van der Waals surface area (Å²) in [6, 6.07) is 1.07. The summed E-state index contributed by atoms with van der Waals surface area (Å²) in [6.07, 6.45) is -0.0971. The summed E-state index contributed by atoms with van der Waals surface area (Å²) in [5.74, 6) is -3.56. The van der Waals surface area contributed by atoms with Gasteiger partial charge in [0.05, 0.1) is 5.82 Å². The van der Waals surface area contributed by atoms with Gasteiger partial charge in [-0.15, -0.1) is 0 Å². The maximum Gasteiger partial charge on any atom is 1.00 e. The molecule has 76 valence electrons. The van der Waals surface area contributed by atoms with E-state index in [9.17, 15) is 26.5 Å². The molecule has 0 amide bonds. The maximum absolute atomic E-state index is 12.9. The number of hydrogen-bond acceptors (Lipinski definition) is 1. The van der Waals surface area contributed by atoms with Crippen molar-refractivity contribution in [2.75, 3.05) is 0 Å². The summed E-state index contributed by atoms with van der Waals surface area (Å²) < 4.78 is 61.7. The first-order chi connectivity index (χ1) is 6.38. The van der Waals surface area contributed by atoms with Crippen LogP contribution in [0.5, 0.6) is 0 Å². The topological polar surface area (TPSA) is 17.1 Å². The van der Waals surface area contributed by atoms with Crippen LogP contribution >= 0.6 is 0 Å². The second-order valence-corrected chi connectivity index (χ2v) is 2.56. The van der Waals surface area contributed by atoms with Crippen LogP contribution in [0.25, 0.3) is 0 Å². The maximum atomic E-state index is 12.9. The molecule has 0 spiro atoms. The van der Waals surface area contributed by atoms with Gasteiger partial charge in [-0.1, -0.05) is 0 Å². The van der Waals surface area contributed by atoms with Crippen LogP contribution in [0.1, 0.15) is 10.4 Å². The molecule has 1 aromatic carbocycles. The van der Waals surface area contributed by atoms with Gasteiger partial charge in [0.25, 0.3) is 0 Å². The van der Waals surface area contributed by atoms with Gasteiger partial charge >= 0.3 is 58.4 Å². The number of carbonyl (C=O) groups excluding carboxylic acids is 1. The van der Waals surface area contributed by atoms with E-state index in [0.29, 0.717) is 12.1 Å². The van der Waals surface area contributed by atoms with E-state index >= 15 is 0 Å². The van der Waals surface area contributed by atoms with Crippen molar-refractivity contribution in [3.63, 3.8) is 0 Å². The molecule has 0 aliphatic heterocycles. The minimum Gasteiger partial charge on any atom is -0.445 e. The van der Waals surface area contributed by atoms with E-state index in [2.05, 4.69) is 0 Å². The van der Waals surface area contributed by atoms with E-state index in [4.69, 9.17) is 0 Å². The van der Waals surface area contributed by atoms with Crippen LogP contribution in [0.15, 0.2) is 12.1 Å². The predicted octanol–water partition coefficient (Wildman–Crippen LogP) is -1.16. The molecule has 0 aliphatic rings. The van der Waals surface area contributed by atoms with E-state index in [0.717, 1.165) is 0 Å². The molecule has 0 fully saturated rings. The molecule has 15 heavy (non-hydrogen) atoms. The Morgan fingerprint density at radius 3 is 2.07 bits per heavy atom. The monoisotopic (exact) mass is 248 g/mol. The van der Waals surface area contributed by atoms with Gasteiger partial charge in [0.15, 0.2) is 6.29 Å². The molecule has 0 saturated heterocycles. The molecule has 0 saturated carbocycles. The first-order valence-corrected chi connectivity index (χ1v) is 3.51. The fourth-order valence-corrected chi connectivity index (χ4v) is 0.977. The summed E-state index contributed by atoms with van der Waals surface area (Å²) in [5, 5.41) is 0. The summed E-state index contributed by atoms with van der Waals surface area (Å²) in [5.41, 5.74) is -2.78. The zero-order chi connectivity index (χ0) is 10.9. The molecule has 0 bridgehead atoms. The Balaban J connectivity index is 0.00000196. The zero-order valence-electron chi connectivity index (χ0n) is 7.61. The van der Waals surface area contributed by atoms with Crippen LogP contribution in [0, 0.1) is 11.6 Å². The van der Waals surface area contributed by atoms with Crippen molar-refractivity contribution in [2.24, 2.45) is 0 Å². The van der Waals surface area contributed by atoms with E-state index in [-0.39, 0.29) is 57.7 Å². The average molecular weight is 248 g/mol. The summed E-state index contributed by atoms with van der Waals surface area (Å²) >= 11 is 0. The summed E-state index contributed by atoms with van der Waals surface area (Å²) in [4.78, 5) is 10.1. The smallest absolute Gasteiger partial charge is 0.445 e. The van der Waals surface area contributed by atoms with Crippen LogP contribution in [0.3, 0.4) is 0 Å². The van der Waals surface area contributed by atoms with Crippen LogP contribution < -0.4 is 56.8 Å². The number of benzene rings is 1. The van der Waals surface area contributed by atoms with Crippen molar-refractivity contribution in [1.82, 2.24) is 0 Å². The van der Waals surface area contributed by atoms with Gasteiger partial charge in [0, 0.05) is 5.56 Å². The number of hydrogen-bond donors (Lipinski definition) is 0. The molecule has 0 unspecified atom stereocenters. The number of rotatable bonds is 2. The van der Waals surface area contributed by atoms with E-state index < -0.39 is 29.6 Å². The first kappa shape index (κ1) is 15.2. The molecule has 0 atom stereocenters. The average Bonchev–Trinajstić information content (AvgIpc) is 2.02. The van der Waals surface area contributed by atoms with Crippen molar-refractivity contribution in [3.05, 3.63) is 29.3 Å². The van der Waals surface area contributed by atoms with Gasteiger partial charge in [0.2, 0.25) is 0 Å². The molecule has 0 aliphatic carbocycles. The van der Waals surface area contributed by atoms with Gasteiger partial charge in [-0.3, -0.25) is 4.79 Å². The summed E-state index contributed by atoms with van der Waals surface area (Å²) in [7, 11) is 0. The number of aldehydes is 1. The fraction of sp³-hybridized carbons (Fsp3) is 0. The second-order valence-electron chi connectivity index (χ2n) is 2.56.